The molecule has 3 aliphatic heterocycles. The number of urea groups is 1. The predicted octanol–water partition coefficient (Wildman–Crippen LogP) is 3.91. The molecule has 4 fully saturated rings. The molecule has 8 heteroatoms. The van der Waals surface area contributed by atoms with Gasteiger partial charge >= 0.3 is 12.2 Å². The molecule has 5 nitrogen and oxygen atoms in total. The molecule has 0 radical (unpaired) electrons. The standard InChI is InChI=1S/C24H30F3N3O2/c25-24(26,27)10-6-17-1-3-18(4-2-17)11-19-5-8-22(12-19)13-29(14-22)21(32)30-15-23(16-30)9-7-20(31)28-23/h1-4,19H,5-16H2,(H,28,31)/t19-/m1/s1. The van der Waals surface area contributed by atoms with Gasteiger partial charge in [-0.15, -0.1) is 0 Å². The van der Waals surface area contributed by atoms with E-state index in [4.69, 9.17) is 0 Å². The van der Waals surface area contributed by atoms with Crippen LogP contribution in [0, 0.1) is 11.3 Å². The molecule has 1 aliphatic carbocycles. The molecule has 32 heavy (non-hydrogen) atoms. The highest BCUT2D eigenvalue weighted by molar-refractivity contribution is 5.82. The van der Waals surface area contributed by atoms with Crippen molar-refractivity contribution >= 4 is 11.9 Å². The molecule has 5 rings (SSSR count). The first-order valence-corrected chi connectivity index (χ1v) is 11.6. The van der Waals surface area contributed by atoms with Crippen LogP contribution in [-0.2, 0) is 17.6 Å². The van der Waals surface area contributed by atoms with E-state index < -0.39 is 12.6 Å². The zero-order chi connectivity index (χ0) is 22.6. The van der Waals surface area contributed by atoms with Crippen LogP contribution in [-0.4, -0.2) is 59.6 Å². The van der Waals surface area contributed by atoms with Crippen LogP contribution >= 0.6 is 0 Å². The number of amides is 3. The van der Waals surface area contributed by atoms with Gasteiger partial charge in [0, 0.05) is 44.4 Å². The molecule has 3 saturated heterocycles. The second-order valence-electron chi connectivity index (χ2n) is 10.6. The summed E-state index contributed by atoms with van der Waals surface area (Å²) in [5, 5.41) is 3.02. The van der Waals surface area contributed by atoms with Gasteiger partial charge in [-0.05, 0) is 55.6 Å². The van der Waals surface area contributed by atoms with Gasteiger partial charge in [-0.25, -0.2) is 4.79 Å². The van der Waals surface area contributed by atoms with Crippen molar-refractivity contribution in [1.29, 1.82) is 0 Å². The second-order valence-corrected chi connectivity index (χ2v) is 10.6. The SMILES string of the molecule is O=C1CCC2(CN(C(=O)N3CC4(CC[C@H](Cc5ccc(CCC(F)(F)F)cc5)C4)C3)C2)N1. The summed E-state index contributed by atoms with van der Waals surface area (Å²) in [5.74, 6) is 0.655. The number of hydrogen-bond acceptors (Lipinski definition) is 2. The molecule has 1 aromatic rings. The molecule has 0 unspecified atom stereocenters. The lowest BCUT2D eigenvalue weighted by molar-refractivity contribution is -0.134. The van der Waals surface area contributed by atoms with E-state index in [1.165, 1.54) is 5.56 Å². The Labute approximate surface area is 186 Å². The highest BCUT2D eigenvalue weighted by atomic mass is 19.4. The average molecular weight is 450 g/mol. The van der Waals surface area contributed by atoms with Crippen molar-refractivity contribution in [2.45, 2.75) is 63.1 Å². The van der Waals surface area contributed by atoms with Crippen molar-refractivity contribution in [1.82, 2.24) is 15.1 Å². The van der Waals surface area contributed by atoms with Crippen LogP contribution in [0.15, 0.2) is 24.3 Å². The Bertz CT molecular complexity index is 887. The Morgan fingerprint density at radius 2 is 1.69 bits per heavy atom. The van der Waals surface area contributed by atoms with E-state index >= 15 is 0 Å². The Kier molecular flexibility index (Phi) is 5.17. The summed E-state index contributed by atoms with van der Waals surface area (Å²) in [5.41, 5.74) is 1.97. The number of hydrogen-bond donors (Lipinski definition) is 1. The van der Waals surface area contributed by atoms with E-state index in [1.54, 1.807) is 0 Å². The van der Waals surface area contributed by atoms with Crippen LogP contribution in [0.3, 0.4) is 0 Å². The van der Waals surface area contributed by atoms with E-state index in [0.29, 0.717) is 25.4 Å². The fraction of sp³-hybridized carbons (Fsp3) is 0.667. The summed E-state index contributed by atoms with van der Waals surface area (Å²) in [7, 11) is 0. The maximum atomic E-state index is 12.8. The van der Waals surface area contributed by atoms with E-state index in [-0.39, 0.29) is 29.3 Å². The molecule has 0 aromatic heterocycles. The van der Waals surface area contributed by atoms with Crippen molar-refractivity contribution in [3.63, 3.8) is 0 Å². The normalized spacial score (nSPS) is 25.7. The van der Waals surface area contributed by atoms with Crippen LogP contribution in [0.2, 0.25) is 0 Å². The number of carbonyl (C=O) groups excluding carboxylic acids is 2. The number of alkyl halides is 3. The molecule has 1 atom stereocenters. The summed E-state index contributed by atoms with van der Waals surface area (Å²) in [6.07, 6.45) is 0.845. The zero-order valence-electron chi connectivity index (χ0n) is 18.2. The molecule has 2 spiro atoms. The first kappa shape index (κ1) is 21.6. The first-order chi connectivity index (χ1) is 15.1. The topological polar surface area (TPSA) is 52.7 Å². The minimum absolute atomic E-state index is 0.0324. The number of nitrogens with one attached hydrogen (secondary N) is 1. The van der Waals surface area contributed by atoms with Gasteiger partial charge in [-0.1, -0.05) is 24.3 Å². The van der Waals surface area contributed by atoms with Gasteiger partial charge in [-0.3, -0.25) is 4.79 Å². The third-order valence-corrected chi connectivity index (χ3v) is 7.86. The van der Waals surface area contributed by atoms with Gasteiger partial charge < -0.3 is 15.1 Å². The van der Waals surface area contributed by atoms with Gasteiger partial charge in [0.05, 0.1) is 5.54 Å². The van der Waals surface area contributed by atoms with Gasteiger partial charge in [-0.2, -0.15) is 13.2 Å². The number of halogens is 3. The second kappa shape index (κ2) is 7.66. The van der Waals surface area contributed by atoms with Crippen molar-refractivity contribution < 1.29 is 22.8 Å². The molecule has 3 heterocycles. The predicted molar refractivity (Wildman–Crippen MR) is 113 cm³/mol. The maximum Gasteiger partial charge on any atom is 0.389 e. The van der Waals surface area contributed by atoms with Crippen molar-refractivity contribution in [3.05, 3.63) is 35.4 Å². The number of carbonyl (C=O) groups is 2. The largest absolute Gasteiger partial charge is 0.389 e. The van der Waals surface area contributed by atoms with Crippen molar-refractivity contribution in [2.24, 2.45) is 11.3 Å². The lowest BCUT2D eigenvalue weighted by atomic mass is 9.77. The van der Waals surface area contributed by atoms with E-state index in [2.05, 4.69) is 5.32 Å². The molecular formula is C24H30F3N3O2. The quantitative estimate of drug-likeness (QED) is 0.758. The fourth-order valence-electron chi connectivity index (χ4n) is 6.18. The summed E-state index contributed by atoms with van der Waals surface area (Å²) in [6.45, 7) is 2.88. The number of likely N-dealkylation sites (tertiary alicyclic amines) is 2. The van der Waals surface area contributed by atoms with Gasteiger partial charge in [0.15, 0.2) is 0 Å². The van der Waals surface area contributed by atoms with E-state index in [9.17, 15) is 22.8 Å². The lowest BCUT2D eigenvalue weighted by Gasteiger charge is -2.54. The molecule has 174 valence electrons. The summed E-state index contributed by atoms with van der Waals surface area (Å²) >= 11 is 0. The van der Waals surface area contributed by atoms with Crippen LogP contribution in [0.25, 0.3) is 0 Å². The number of aryl methyl sites for hydroxylation is 1. The van der Waals surface area contributed by atoms with E-state index in [1.807, 2.05) is 34.1 Å². The molecule has 4 aliphatic rings. The van der Waals surface area contributed by atoms with Crippen molar-refractivity contribution in [2.75, 3.05) is 26.2 Å². The van der Waals surface area contributed by atoms with Gasteiger partial charge in [0.1, 0.15) is 0 Å². The number of benzene rings is 1. The van der Waals surface area contributed by atoms with Crippen LogP contribution in [0.1, 0.15) is 49.7 Å². The monoisotopic (exact) mass is 449 g/mol. The van der Waals surface area contributed by atoms with Gasteiger partial charge in [0.2, 0.25) is 5.91 Å². The Hall–Kier alpha value is -2.25. The number of nitrogens with zero attached hydrogens (tertiary/aromatic N) is 2. The van der Waals surface area contributed by atoms with E-state index in [0.717, 1.165) is 50.8 Å². The molecular weight excluding hydrogens is 419 g/mol. The average Bonchev–Trinajstić information content (AvgIpc) is 3.28. The minimum Gasteiger partial charge on any atom is -0.347 e. The molecule has 1 saturated carbocycles. The fourth-order valence-corrected chi connectivity index (χ4v) is 6.18. The molecule has 1 N–H and O–H groups in total. The van der Waals surface area contributed by atoms with Crippen LogP contribution < -0.4 is 5.32 Å². The smallest absolute Gasteiger partial charge is 0.347 e. The summed E-state index contributed by atoms with van der Waals surface area (Å²) in [4.78, 5) is 28.0. The highest BCUT2D eigenvalue weighted by Crippen LogP contribution is 2.49. The highest BCUT2D eigenvalue weighted by Gasteiger charge is 2.54. The van der Waals surface area contributed by atoms with Gasteiger partial charge in [0.25, 0.3) is 0 Å². The lowest BCUT2D eigenvalue weighted by Crippen LogP contribution is -2.72. The Morgan fingerprint density at radius 3 is 2.31 bits per heavy atom. The summed E-state index contributed by atoms with van der Waals surface area (Å²) in [6, 6.07) is 7.67. The Balaban J connectivity index is 1.06. The molecule has 1 aromatic carbocycles. The Morgan fingerprint density at radius 1 is 1.03 bits per heavy atom. The molecule has 3 amide bonds. The number of rotatable bonds is 4. The first-order valence-electron chi connectivity index (χ1n) is 11.6. The maximum absolute atomic E-state index is 12.8. The zero-order valence-corrected chi connectivity index (χ0v) is 18.2. The van der Waals surface area contributed by atoms with Crippen molar-refractivity contribution in [3.8, 4) is 0 Å². The third-order valence-electron chi connectivity index (χ3n) is 7.86. The summed E-state index contributed by atoms with van der Waals surface area (Å²) < 4.78 is 37.2. The van der Waals surface area contributed by atoms with Crippen LogP contribution in [0.5, 0.6) is 0 Å². The molecule has 0 bridgehead atoms. The third kappa shape index (κ3) is 4.33. The van der Waals surface area contributed by atoms with Crippen LogP contribution in [0.4, 0.5) is 18.0 Å². The minimum atomic E-state index is -4.11.